The van der Waals surface area contributed by atoms with Crippen LogP contribution < -0.4 is 5.73 Å². The number of carbonyl (C=O) groups excluding carboxylic acids is 1. The lowest BCUT2D eigenvalue weighted by Crippen LogP contribution is -2.04. The fourth-order valence-electron chi connectivity index (χ4n) is 2.15. The molecule has 1 aliphatic rings. The molecule has 1 fully saturated rings. The third-order valence-electron chi connectivity index (χ3n) is 3.37. The number of hydrogen-bond donors (Lipinski definition) is 1. The Kier molecular flexibility index (Phi) is 8.27. The van der Waals surface area contributed by atoms with Crippen molar-refractivity contribution in [2.24, 2.45) is 0 Å². The SMILES string of the molecule is C1CCOCC1.COC(=O)c1cc(-c2nc(N)ncc2Cl)cn1SI. The number of anilines is 1. The molecule has 3 heterocycles. The number of nitrogen functional groups attached to an aromatic ring is 1. The van der Waals surface area contributed by atoms with Gasteiger partial charge in [0.25, 0.3) is 0 Å². The topological polar surface area (TPSA) is 92.3 Å². The fraction of sp³-hybridized carbons (Fsp3) is 0.400. The number of halogens is 2. The van der Waals surface area contributed by atoms with Gasteiger partial charge in [-0.15, -0.1) is 0 Å². The molecule has 0 bridgehead atoms. The Morgan fingerprint density at radius 2 is 2.16 bits per heavy atom. The molecule has 2 aromatic heterocycles. The zero-order chi connectivity index (χ0) is 18.2. The number of rotatable bonds is 3. The first-order valence-corrected chi connectivity index (χ1v) is 11.2. The minimum atomic E-state index is -0.437. The second-order valence-corrected chi connectivity index (χ2v) is 7.22. The first kappa shape index (κ1) is 20.3. The maximum absolute atomic E-state index is 11.6. The summed E-state index contributed by atoms with van der Waals surface area (Å²) in [5, 5.41) is 0.362. The number of aromatic nitrogens is 3. The van der Waals surface area contributed by atoms with Gasteiger partial charge in [-0.25, -0.2) is 14.8 Å². The highest BCUT2D eigenvalue weighted by atomic mass is 127. The lowest BCUT2D eigenvalue weighted by Gasteiger charge is -2.08. The molecule has 1 saturated heterocycles. The highest BCUT2D eigenvalue weighted by Gasteiger charge is 2.17. The molecular weight excluding hydrogens is 479 g/mol. The molecule has 3 rings (SSSR count). The predicted molar refractivity (Wildman–Crippen MR) is 108 cm³/mol. The van der Waals surface area contributed by atoms with Gasteiger partial charge in [0.2, 0.25) is 5.95 Å². The van der Waals surface area contributed by atoms with Crippen molar-refractivity contribution in [3.63, 3.8) is 0 Å². The summed E-state index contributed by atoms with van der Waals surface area (Å²) >= 11 is 8.09. The average Bonchev–Trinajstić information content (AvgIpc) is 3.09. The number of hydrogen-bond acceptors (Lipinski definition) is 7. The van der Waals surface area contributed by atoms with E-state index in [0.29, 0.717) is 22.0 Å². The third-order valence-corrected chi connectivity index (χ3v) is 5.37. The molecule has 25 heavy (non-hydrogen) atoms. The van der Waals surface area contributed by atoms with Crippen molar-refractivity contribution < 1.29 is 14.3 Å². The molecule has 0 atom stereocenters. The van der Waals surface area contributed by atoms with E-state index < -0.39 is 5.97 Å². The number of esters is 1. The molecule has 0 unspecified atom stereocenters. The molecule has 0 aromatic carbocycles. The van der Waals surface area contributed by atoms with Gasteiger partial charge in [0, 0.05) is 55.3 Å². The van der Waals surface area contributed by atoms with E-state index in [-0.39, 0.29) is 5.95 Å². The maximum Gasteiger partial charge on any atom is 0.355 e. The molecule has 7 nitrogen and oxygen atoms in total. The average molecular weight is 497 g/mol. The summed E-state index contributed by atoms with van der Waals surface area (Å²) in [4.78, 5) is 19.5. The van der Waals surface area contributed by atoms with Gasteiger partial charge >= 0.3 is 5.97 Å². The second-order valence-electron chi connectivity index (χ2n) is 5.10. The van der Waals surface area contributed by atoms with Crippen molar-refractivity contribution in [2.75, 3.05) is 26.1 Å². The van der Waals surface area contributed by atoms with Gasteiger partial charge in [-0.3, -0.25) is 3.97 Å². The largest absolute Gasteiger partial charge is 0.464 e. The van der Waals surface area contributed by atoms with Crippen molar-refractivity contribution in [2.45, 2.75) is 19.3 Å². The lowest BCUT2D eigenvalue weighted by atomic mass is 10.2. The lowest BCUT2D eigenvalue weighted by molar-refractivity contribution is 0.0593. The van der Waals surface area contributed by atoms with Crippen LogP contribution in [0.4, 0.5) is 5.95 Å². The van der Waals surface area contributed by atoms with Gasteiger partial charge in [0.15, 0.2) is 0 Å². The summed E-state index contributed by atoms with van der Waals surface area (Å²) in [5.74, 6) is -0.317. The van der Waals surface area contributed by atoms with Crippen molar-refractivity contribution >= 4 is 53.8 Å². The number of ether oxygens (including phenoxy) is 2. The van der Waals surface area contributed by atoms with E-state index in [1.165, 1.54) is 41.7 Å². The monoisotopic (exact) mass is 496 g/mol. The Bertz CT molecular complexity index is 713. The van der Waals surface area contributed by atoms with Crippen molar-refractivity contribution in [3.8, 4) is 11.3 Å². The Hall–Kier alpha value is -1.04. The minimum Gasteiger partial charge on any atom is -0.464 e. The summed E-state index contributed by atoms with van der Waals surface area (Å²) in [7, 11) is 2.66. The maximum atomic E-state index is 11.6. The molecule has 0 spiro atoms. The number of carbonyl (C=O) groups is 1. The normalized spacial score (nSPS) is 13.7. The summed E-state index contributed by atoms with van der Waals surface area (Å²) in [6, 6.07) is 1.64. The van der Waals surface area contributed by atoms with Gasteiger partial charge in [0.1, 0.15) is 5.69 Å². The predicted octanol–water partition coefficient (Wildman–Crippen LogP) is 4.00. The Morgan fingerprint density at radius 1 is 1.44 bits per heavy atom. The van der Waals surface area contributed by atoms with Crippen LogP contribution in [0, 0.1) is 0 Å². The summed E-state index contributed by atoms with van der Waals surface area (Å²) in [6.45, 7) is 2.00. The molecule has 2 aromatic rings. The first-order valence-electron chi connectivity index (χ1n) is 7.52. The van der Waals surface area contributed by atoms with Gasteiger partial charge in [-0.2, -0.15) is 0 Å². The van der Waals surface area contributed by atoms with Crippen LogP contribution in [0.15, 0.2) is 18.5 Å². The third kappa shape index (κ3) is 5.73. The zero-order valence-electron chi connectivity index (χ0n) is 13.6. The smallest absolute Gasteiger partial charge is 0.355 e. The molecule has 0 aliphatic carbocycles. The van der Waals surface area contributed by atoms with Gasteiger partial charge < -0.3 is 15.2 Å². The van der Waals surface area contributed by atoms with Crippen LogP contribution in [0.1, 0.15) is 29.8 Å². The van der Waals surface area contributed by atoms with E-state index in [2.05, 4.69) is 31.2 Å². The zero-order valence-corrected chi connectivity index (χ0v) is 17.3. The Morgan fingerprint density at radius 3 is 2.68 bits per heavy atom. The molecule has 136 valence electrons. The number of nitrogens with two attached hydrogens (primary N) is 1. The van der Waals surface area contributed by atoms with Crippen LogP contribution in [0.3, 0.4) is 0 Å². The fourth-order valence-corrected chi connectivity index (χ4v) is 3.69. The van der Waals surface area contributed by atoms with E-state index in [1.807, 2.05) is 0 Å². The highest BCUT2D eigenvalue weighted by molar-refractivity contribution is 14.2. The molecular formula is C15H18ClIN4O3S. The van der Waals surface area contributed by atoms with E-state index in [9.17, 15) is 4.79 Å². The number of methoxy groups -OCH3 is 1. The van der Waals surface area contributed by atoms with E-state index in [0.717, 1.165) is 13.2 Å². The van der Waals surface area contributed by atoms with Gasteiger partial charge in [-0.05, 0) is 25.3 Å². The molecule has 0 amide bonds. The van der Waals surface area contributed by atoms with Gasteiger partial charge in [0.05, 0.1) is 24.0 Å². The first-order chi connectivity index (χ1) is 12.1. The van der Waals surface area contributed by atoms with Crippen molar-refractivity contribution in [3.05, 3.63) is 29.2 Å². The molecule has 1 aliphatic heterocycles. The van der Waals surface area contributed by atoms with Crippen molar-refractivity contribution in [1.29, 1.82) is 0 Å². The van der Waals surface area contributed by atoms with Crippen LogP contribution in [0.2, 0.25) is 5.02 Å². The molecule has 10 heteroatoms. The molecule has 0 saturated carbocycles. The second kappa shape index (κ2) is 10.2. The van der Waals surface area contributed by atoms with Crippen molar-refractivity contribution in [1.82, 2.24) is 13.9 Å². The van der Waals surface area contributed by atoms with Crippen LogP contribution in [-0.4, -0.2) is 40.2 Å². The number of nitrogens with zero attached hydrogens (tertiary/aromatic N) is 3. The van der Waals surface area contributed by atoms with E-state index in [1.54, 1.807) is 16.2 Å². The van der Waals surface area contributed by atoms with Crippen LogP contribution >= 0.6 is 41.9 Å². The van der Waals surface area contributed by atoms with E-state index >= 15 is 0 Å². The summed E-state index contributed by atoms with van der Waals surface area (Å²) in [6.07, 6.45) is 7.09. The van der Waals surface area contributed by atoms with Crippen LogP contribution in [-0.2, 0) is 9.47 Å². The summed E-state index contributed by atoms with van der Waals surface area (Å²) in [5.41, 5.74) is 7.08. The minimum absolute atomic E-state index is 0.119. The summed E-state index contributed by atoms with van der Waals surface area (Å²) < 4.78 is 11.4. The van der Waals surface area contributed by atoms with Gasteiger partial charge in [-0.1, -0.05) is 11.6 Å². The molecule has 2 N–H and O–H groups in total. The highest BCUT2D eigenvalue weighted by Crippen LogP contribution is 2.31. The Labute approximate surface area is 167 Å². The van der Waals surface area contributed by atoms with Crippen LogP contribution in [0.5, 0.6) is 0 Å². The Balaban J connectivity index is 0.000000316. The standard InChI is InChI=1S/C10H8ClIN4O2S.C5H10O/c1-18-9(17)7-2-5(4-16(7)19-12)8-6(11)3-14-10(13)15-8;1-2-4-6-5-3-1/h2-4H,1H3,(H2,13,14,15);1-5H2. The molecule has 0 radical (unpaired) electrons. The van der Waals surface area contributed by atoms with E-state index in [4.69, 9.17) is 26.8 Å². The quantitative estimate of drug-likeness (QED) is 0.507. The van der Waals surface area contributed by atoms with Crippen LogP contribution in [0.25, 0.3) is 11.3 Å².